The molecule has 0 radical (unpaired) electrons. The van der Waals surface area contributed by atoms with Crippen LogP contribution in [0.1, 0.15) is 50.5 Å². The van der Waals surface area contributed by atoms with E-state index in [1.165, 1.54) is 18.6 Å². The number of hydrogen-bond donors (Lipinski definition) is 1. The van der Waals surface area contributed by atoms with E-state index < -0.39 is 12.0 Å². The number of amides is 1. The van der Waals surface area contributed by atoms with Crippen molar-refractivity contribution in [3.63, 3.8) is 0 Å². The number of carbonyl (C=O) groups is 2. The molecule has 1 heterocycles. The molecule has 1 saturated carbocycles. The zero-order valence-electron chi connectivity index (χ0n) is 15.5. The highest BCUT2D eigenvalue weighted by Gasteiger charge is 2.34. The van der Waals surface area contributed by atoms with Crippen molar-refractivity contribution >= 4 is 24.3 Å². The molecule has 150 valence electrons. The Morgan fingerprint density at radius 1 is 1.07 bits per heavy atom. The number of carbonyl (C=O) groups excluding carboxylic acids is 1. The maximum Gasteiger partial charge on any atom is 0.320 e. The molecule has 1 aromatic rings. The van der Waals surface area contributed by atoms with Gasteiger partial charge in [0.1, 0.15) is 11.9 Å². The second-order valence-electron chi connectivity index (χ2n) is 7.41. The SMILES string of the molecule is Cl.O=C(O)[C@H]1CCCN1CC(=O)N(Cc1ccc(F)cc1)C1CCCCC1. The summed E-state index contributed by atoms with van der Waals surface area (Å²) >= 11 is 0. The summed E-state index contributed by atoms with van der Waals surface area (Å²) in [7, 11) is 0. The lowest BCUT2D eigenvalue weighted by molar-refractivity contribution is -0.144. The van der Waals surface area contributed by atoms with Gasteiger partial charge in [-0.15, -0.1) is 12.4 Å². The molecule has 1 aromatic carbocycles. The number of benzene rings is 1. The highest BCUT2D eigenvalue weighted by Crippen LogP contribution is 2.25. The Morgan fingerprint density at radius 3 is 2.37 bits per heavy atom. The molecular formula is C20H28ClFN2O3. The van der Waals surface area contributed by atoms with Gasteiger partial charge in [0.05, 0.1) is 6.54 Å². The van der Waals surface area contributed by atoms with E-state index in [4.69, 9.17) is 0 Å². The maximum atomic E-state index is 13.2. The van der Waals surface area contributed by atoms with Gasteiger partial charge >= 0.3 is 5.97 Å². The van der Waals surface area contributed by atoms with Crippen LogP contribution in [-0.4, -0.2) is 52.0 Å². The number of carboxylic acid groups (broad SMARTS) is 1. The van der Waals surface area contributed by atoms with E-state index in [1.54, 1.807) is 17.0 Å². The van der Waals surface area contributed by atoms with Crippen LogP contribution in [-0.2, 0) is 16.1 Å². The largest absolute Gasteiger partial charge is 0.480 e. The molecule has 1 amide bonds. The highest BCUT2D eigenvalue weighted by atomic mass is 35.5. The smallest absolute Gasteiger partial charge is 0.320 e. The Balaban J connectivity index is 0.00000261. The van der Waals surface area contributed by atoms with Crippen LogP contribution < -0.4 is 0 Å². The Hall–Kier alpha value is -1.66. The van der Waals surface area contributed by atoms with Crippen molar-refractivity contribution in [3.05, 3.63) is 35.6 Å². The molecule has 3 rings (SSSR count). The molecule has 1 atom stereocenters. The first-order valence-corrected chi connectivity index (χ1v) is 9.55. The third kappa shape index (κ3) is 5.66. The normalized spacial score (nSPS) is 20.9. The van der Waals surface area contributed by atoms with Crippen LogP contribution >= 0.6 is 12.4 Å². The molecule has 1 saturated heterocycles. The van der Waals surface area contributed by atoms with Gasteiger partial charge in [0.2, 0.25) is 5.91 Å². The second kappa shape index (κ2) is 10.0. The predicted molar refractivity (Wildman–Crippen MR) is 103 cm³/mol. The molecule has 2 fully saturated rings. The third-order valence-corrected chi connectivity index (χ3v) is 5.59. The quantitative estimate of drug-likeness (QED) is 0.797. The van der Waals surface area contributed by atoms with Gasteiger partial charge < -0.3 is 10.0 Å². The van der Waals surface area contributed by atoms with Gasteiger partial charge in [-0.05, 0) is 49.9 Å². The van der Waals surface area contributed by atoms with Crippen LogP contribution in [0.4, 0.5) is 4.39 Å². The lowest BCUT2D eigenvalue weighted by atomic mass is 9.93. The minimum atomic E-state index is -0.849. The zero-order valence-corrected chi connectivity index (χ0v) is 16.3. The van der Waals surface area contributed by atoms with E-state index in [9.17, 15) is 19.1 Å². The standard InChI is InChI=1S/C20H27FN2O3.ClH/c21-16-10-8-15(9-11-16)13-23(17-5-2-1-3-6-17)19(24)14-22-12-4-7-18(22)20(25)26;/h8-11,17-18H,1-7,12-14H2,(H,25,26);1H/t18-;/m1./s1. The molecule has 0 aromatic heterocycles. The Kier molecular flexibility index (Phi) is 8.05. The molecule has 1 aliphatic carbocycles. The summed E-state index contributed by atoms with van der Waals surface area (Å²) in [6, 6.07) is 5.90. The average molecular weight is 399 g/mol. The number of aliphatic carboxylic acids is 1. The highest BCUT2D eigenvalue weighted by molar-refractivity contribution is 5.85. The Morgan fingerprint density at radius 2 is 1.74 bits per heavy atom. The summed E-state index contributed by atoms with van der Waals surface area (Å²) in [4.78, 5) is 28.1. The van der Waals surface area contributed by atoms with E-state index in [2.05, 4.69) is 0 Å². The molecule has 27 heavy (non-hydrogen) atoms. The number of likely N-dealkylation sites (tertiary alicyclic amines) is 1. The summed E-state index contributed by atoms with van der Waals surface area (Å²) < 4.78 is 13.2. The van der Waals surface area contributed by atoms with Crippen molar-refractivity contribution in [2.45, 2.75) is 63.6 Å². The van der Waals surface area contributed by atoms with Crippen molar-refractivity contribution < 1.29 is 19.1 Å². The second-order valence-corrected chi connectivity index (χ2v) is 7.41. The van der Waals surface area contributed by atoms with Crippen LogP contribution in [0.25, 0.3) is 0 Å². The summed E-state index contributed by atoms with van der Waals surface area (Å²) in [5.74, 6) is -1.15. The van der Waals surface area contributed by atoms with Crippen molar-refractivity contribution in [3.8, 4) is 0 Å². The van der Waals surface area contributed by atoms with Crippen molar-refractivity contribution in [2.24, 2.45) is 0 Å². The summed E-state index contributed by atoms with van der Waals surface area (Å²) in [5, 5.41) is 9.34. The fourth-order valence-electron chi connectivity index (χ4n) is 4.16. The molecule has 0 unspecified atom stereocenters. The lowest BCUT2D eigenvalue weighted by Crippen LogP contribution is -2.48. The van der Waals surface area contributed by atoms with E-state index in [-0.39, 0.29) is 36.7 Å². The molecular weight excluding hydrogens is 371 g/mol. The lowest BCUT2D eigenvalue weighted by Gasteiger charge is -2.36. The van der Waals surface area contributed by atoms with Crippen LogP contribution in [0.5, 0.6) is 0 Å². The topological polar surface area (TPSA) is 60.9 Å². The van der Waals surface area contributed by atoms with Crippen LogP contribution in [0, 0.1) is 5.82 Å². The molecule has 1 aliphatic heterocycles. The van der Waals surface area contributed by atoms with Gasteiger partial charge in [0.25, 0.3) is 0 Å². The average Bonchev–Trinajstić information content (AvgIpc) is 3.10. The predicted octanol–water partition coefficient (Wildman–Crippen LogP) is 3.46. The first kappa shape index (κ1) is 21.6. The van der Waals surface area contributed by atoms with Crippen molar-refractivity contribution in [1.29, 1.82) is 0 Å². The number of hydrogen-bond acceptors (Lipinski definition) is 3. The minimum Gasteiger partial charge on any atom is -0.480 e. The number of rotatable bonds is 6. The van der Waals surface area contributed by atoms with Crippen molar-refractivity contribution in [1.82, 2.24) is 9.80 Å². The molecule has 5 nitrogen and oxygen atoms in total. The molecule has 0 spiro atoms. The fraction of sp³-hybridized carbons (Fsp3) is 0.600. The third-order valence-electron chi connectivity index (χ3n) is 5.59. The van der Waals surface area contributed by atoms with E-state index in [0.29, 0.717) is 19.5 Å². The van der Waals surface area contributed by atoms with E-state index in [0.717, 1.165) is 37.7 Å². The van der Waals surface area contributed by atoms with Crippen molar-refractivity contribution in [2.75, 3.05) is 13.1 Å². The molecule has 1 N–H and O–H groups in total. The molecule has 7 heteroatoms. The number of halogens is 2. The first-order chi connectivity index (χ1) is 12.5. The van der Waals surface area contributed by atoms with E-state index >= 15 is 0 Å². The molecule has 0 bridgehead atoms. The van der Waals surface area contributed by atoms with Crippen LogP contribution in [0.3, 0.4) is 0 Å². The summed E-state index contributed by atoms with van der Waals surface area (Å²) in [5.41, 5.74) is 0.904. The van der Waals surface area contributed by atoms with E-state index in [1.807, 2.05) is 4.90 Å². The van der Waals surface area contributed by atoms with Crippen LogP contribution in [0.2, 0.25) is 0 Å². The monoisotopic (exact) mass is 398 g/mol. The number of nitrogens with zero attached hydrogens (tertiary/aromatic N) is 2. The van der Waals surface area contributed by atoms with Gasteiger partial charge in [-0.3, -0.25) is 14.5 Å². The van der Waals surface area contributed by atoms with Gasteiger partial charge in [0.15, 0.2) is 0 Å². The Labute approximate surface area is 165 Å². The first-order valence-electron chi connectivity index (χ1n) is 9.55. The number of carboxylic acids is 1. The van der Waals surface area contributed by atoms with Gasteiger partial charge in [-0.25, -0.2) is 4.39 Å². The fourth-order valence-corrected chi connectivity index (χ4v) is 4.16. The van der Waals surface area contributed by atoms with Gasteiger partial charge in [-0.2, -0.15) is 0 Å². The summed E-state index contributed by atoms with van der Waals surface area (Å²) in [6.07, 6.45) is 6.79. The molecule has 2 aliphatic rings. The Bertz CT molecular complexity index is 635. The van der Waals surface area contributed by atoms with Crippen LogP contribution in [0.15, 0.2) is 24.3 Å². The minimum absolute atomic E-state index is 0. The van der Waals surface area contributed by atoms with Gasteiger partial charge in [0, 0.05) is 12.6 Å². The zero-order chi connectivity index (χ0) is 18.5. The summed E-state index contributed by atoms with van der Waals surface area (Å²) in [6.45, 7) is 1.25. The van der Waals surface area contributed by atoms with Gasteiger partial charge in [-0.1, -0.05) is 31.4 Å². The maximum absolute atomic E-state index is 13.2.